The fourth-order valence-electron chi connectivity index (χ4n) is 1.25. The van der Waals surface area contributed by atoms with E-state index in [4.69, 9.17) is 16.7 Å². The summed E-state index contributed by atoms with van der Waals surface area (Å²) in [4.78, 5) is 0. The third-order valence-electron chi connectivity index (χ3n) is 2.16. The minimum absolute atomic E-state index is 0.0395. The molecule has 2 nitrogen and oxygen atoms in total. The molecule has 1 rings (SSSR count). The first kappa shape index (κ1) is 12.4. The number of halogens is 2. The van der Waals surface area contributed by atoms with Crippen molar-refractivity contribution in [3.63, 3.8) is 0 Å². The Labute approximate surface area is 94.1 Å². The molecule has 0 fully saturated rings. The molecular formula is C11H15ClFNO. The molecule has 0 saturated heterocycles. The van der Waals surface area contributed by atoms with Gasteiger partial charge in [-0.05, 0) is 31.5 Å². The van der Waals surface area contributed by atoms with Crippen molar-refractivity contribution in [3.8, 4) is 0 Å². The molecule has 0 aliphatic rings. The molecule has 0 amide bonds. The highest BCUT2D eigenvalue weighted by Gasteiger charge is 2.08. The third-order valence-corrected chi connectivity index (χ3v) is 2.45. The second kappa shape index (κ2) is 5.45. The molecule has 0 saturated carbocycles. The summed E-state index contributed by atoms with van der Waals surface area (Å²) in [6.45, 7) is 4.14. The molecule has 0 aliphatic heterocycles. The molecule has 15 heavy (non-hydrogen) atoms. The Morgan fingerprint density at radius 3 is 2.67 bits per heavy atom. The topological polar surface area (TPSA) is 32.3 Å². The Kier molecular flexibility index (Phi) is 4.51. The van der Waals surface area contributed by atoms with Crippen LogP contribution in [0.2, 0.25) is 5.02 Å². The van der Waals surface area contributed by atoms with Crippen LogP contribution in [-0.4, -0.2) is 17.8 Å². The zero-order chi connectivity index (χ0) is 11.4. The van der Waals surface area contributed by atoms with E-state index >= 15 is 0 Å². The van der Waals surface area contributed by atoms with Gasteiger partial charge >= 0.3 is 0 Å². The van der Waals surface area contributed by atoms with Crippen LogP contribution in [0.5, 0.6) is 0 Å². The van der Waals surface area contributed by atoms with E-state index in [9.17, 15) is 4.39 Å². The highest BCUT2D eigenvalue weighted by molar-refractivity contribution is 6.30. The number of hydrogen-bond acceptors (Lipinski definition) is 2. The Morgan fingerprint density at radius 2 is 2.13 bits per heavy atom. The highest BCUT2D eigenvalue weighted by Crippen LogP contribution is 2.20. The van der Waals surface area contributed by atoms with E-state index in [0.717, 1.165) is 5.56 Å². The van der Waals surface area contributed by atoms with Crippen LogP contribution in [0.4, 0.5) is 4.39 Å². The summed E-state index contributed by atoms with van der Waals surface area (Å²) in [5, 5.41) is 12.3. The average molecular weight is 232 g/mol. The van der Waals surface area contributed by atoms with Crippen LogP contribution >= 0.6 is 11.6 Å². The summed E-state index contributed by atoms with van der Waals surface area (Å²) in [5.74, 6) is -0.414. The monoisotopic (exact) mass is 231 g/mol. The summed E-state index contributed by atoms with van der Waals surface area (Å²) in [5.41, 5.74) is 0.905. The van der Waals surface area contributed by atoms with E-state index in [1.165, 1.54) is 6.07 Å². The van der Waals surface area contributed by atoms with Gasteiger partial charge in [-0.2, -0.15) is 0 Å². The summed E-state index contributed by atoms with van der Waals surface area (Å²) >= 11 is 5.67. The van der Waals surface area contributed by atoms with Crippen LogP contribution in [0.25, 0.3) is 0 Å². The minimum atomic E-state index is -0.414. The van der Waals surface area contributed by atoms with Gasteiger partial charge in [0.2, 0.25) is 0 Å². The van der Waals surface area contributed by atoms with Gasteiger partial charge in [0.1, 0.15) is 5.82 Å². The predicted molar refractivity (Wildman–Crippen MR) is 59.5 cm³/mol. The molecule has 1 unspecified atom stereocenters. The van der Waals surface area contributed by atoms with E-state index in [1.807, 2.05) is 6.92 Å². The average Bonchev–Trinajstić information content (AvgIpc) is 2.18. The third kappa shape index (κ3) is 3.78. The zero-order valence-electron chi connectivity index (χ0n) is 8.80. The summed E-state index contributed by atoms with van der Waals surface area (Å²) in [6.07, 6.45) is -0.400. The number of hydrogen-bond donors (Lipinski definition) is 2. The normalized spacial score (nSPS) is 15.0. The molecule has 0 aliphatic carbocycles. The second-order valence-corrected chi connectivity index (χ2v) is 4.06. The van der Waals surface area contributed by atoms with Crippen LogP contribution in [0.1, 0.15) is 25.5 Å². The maximum Gasteiger partial charge on any atom is 0.141 e. The molecule has 0 heterocycles. The number of aliphatic hydroxyl groups excluding tert-OH is 1. The van der Waals surface area contributed by atoms with Crippen LogP contribution in [0.15, 0.2) is 18.2 Å². The lowest BCUT2D eigenvalue weighted by Crippen LogP contribution is -2.27. The lowest BCUT2D eigenvalue weighted by Gasteiger charge is -2.15. The van der Waals surface area contributed by atoms with Gasteiger partial charge in [-0.15, -0.1) is 0 Å². The van der Waals surface area contributed by atoms with Gasteiger partial charge in [-0.3, -0.25) is 0 Å². The van der Waals surface area contributed by atoms with Gasteiger partial charge in [-0.25, -0.2) is 4.39 Å². The standard InChI is InChI=1S/C11H15ClFNO/c1-7(15)6-14-8(2)9-3-4-11(13)10(12)5-9/h3-5,7-8,14-15H,6H2,1-2H3/t7-,8?/m0/s1. The molecule has 1 aromatic carbocycles. The first-order valence-electron chi connectivity index (χ1n) is 4.87. The van der Waals surface area contributed by atoms with E-state index in [0.29, 0.717) is 6.54 Å². The molecule has 2 N–H and O–H groups in total. The number of benzene rings is 1. The van der Waals surface area contributed by atoms with Crippen molar-refractivity contribution in [1.82, 2.24) is 5.32 Å². The minimum Gasteiger partial charge on any atom is -0.392 e. The molecule has 2 atom stereocenters. The first-order valence-corrected chi connectivity index (χ1v) is 5.25. The smallest absolute Gasteiger partial charge is 0.141 e. The van der Waals surface area contributed by atoms with Crippen molar-refractivity contribution in [2.75, 3.05) is 6.54 Å². The zero-order valence-corrected chi connectivity index (χ0v) is 9.55. The van der Waals surface area contributed by atoms with Crippen LogP contribution in [-0.2, 0) is 0 Å². The molecule has 0 spiro atoms. The van der Waals surface area contributed by atoms with Gasteiger partial charge in [0.05, 0.1) is 11.1 Å². The van der Waals surface area contributed by atoms with Crippen LogP contribution in [0.3, 0.4) is 0 Å². The fourth-order valence-corrected chi connectivity index (χ4v) is 1.44. The summed E-state index contributed by atoms with van der Waals surface area (Å²) < 4.78 is 12.9. The number of aliphatic hydroxyl groups is 1. The molecule has 0 aromatic heterocycles. The summed E-state index contributed by atoms with van der Waals surface area (Å²) in [6, 6.07) is 4.66. The van der Waals surface area contributed by atoms with Crippen molar-refractivity contribution in [2.24, 2.45) is 0 Å². The van der Waals surface area contributed by atoms with Crippen molar-refractivity contribution in [1.29, 1.82) is 0 Å². The Bertz CT molecular complexity index is 330. The Morgan fingerprint density at radius 1 is 1.47 bits per heavy atom. The lowest BCUT2D eigenvalue weighted by molar-refractivity contribution is 0.187. The molecule has 0 radical (unpaired) electrons. The number of nitrogens with one attached hydrogen (secondary N) is 1. The Balaban J connectivity index is 2.65. The number of rotatable bonds is 4. The van der Waals surface area contributed by atoms with Crippen LogP contribution < -0.4 is 5.32 Å². The van der Waals surface area contributed by atoms with Gasteiger partial charge < -0.3 is 10.4 Å². The van der Waals surface area contributed by atoms with Crippen molar-refractivity contribution in [3.05, 3.63) is 34.6 Å². The first-order chi connectivity index (χ1) is 7.00. The van der Waals surface area contributed by atoms with Crippen molar-refractivity contribution >= 4 is 11.6 Å². The predicted octanol–water partition coefficient (Wildman–Crippen LogP) is 2.51. The SMILES string of the molecule is CC(NC[C@H](C)O)c1ccc(F)c(Cl)c1. The molecule has 1 aromatic rings. The van der Waals surface area contributed by atoms with Crippen LogP contribution in [0, 0.1) is 5.82 Å². The van der Waals surface area contributed by atoms with Gasteiger partial charge in [-0.1, -0.05) is 17.7 Å². The second-order valence-electron chi connectivity index (χ2n) is 3.65. The lowest BCUT2D eigenvalue weighted by atomic mass is 10.1. The van der Waals surface area contributed by atoms with Gasteiger partial charge in [0.25, 0.3) is 0 Å². The Hall–Kier alpha value is -0.640. The molecule has 84 valence electrons. The van der Waals surface area contributed by atoms with Gasteiger partial charge in [0.15, 0.2) is 0 Å². The molecular weight excluding hydrogens is 217 g/mol. The maximum atomic E-state index is 12.9. The molecule has 4 heteroatoms. The fraction of sp³-hybridized carbons (Fsp3) is 0.455. The largest absolute Gasteiger partial charge is 0.392 e. The summed E-state index contributed by atoms with van der Waals surface area (Å²) in [7, 11) is 0. The maximum absolute atomic E-state index is 12.9. The van der Waals surface area contributed by atoms with Crippen molar-refractivity contribution in [2.45, 2.75) is 26.0 Å². The molecule has 0 bridgehead atoms. The van der Waals surface area contributed by atoms with E-state index in [2.05, 4.69) is 5.32 Å². The van der Waals surface area contributed by atoms with Gasteiger partial charge in [0, 0.05) is 12.6 Å². The van der Waals surface area contributed by atoms with E-state index in [1.54, 1.807) is 19.1 Å². The van der Waals surface area contributed by atoms with E-state index in [-0.39, 0.29) is 11.1 Å². The van der Waals surface area contributed by atoms with Crippen molar-refractivity contribution < 1.29 is 9.50 Å². The highest BCUT2D eigenvalue weighted by atomic mass is 35.5. The van der Waals surface area contributed by atoms with E-state index < -0.39 is 11.9 Å². The quantitative estimate of drug-likeness (QED) is 0.835.